The van der Waals surface area contributed by atoms with Gasteiger partial charge in [0.25, 0.3) is 5.69 Å². The van der Waals surface area contributed by atoms with Crippen LogP contribution in [0.5, 0.6) is 0 Å². The molecule has 90 valence electrons. The molecule has 0 spiro atoms. The fraction of sp³-hybridized carbons (Fsp3) is 0.500. The minimum Gasteiger partial charge on any atom is -0.385 e. The Morgan fingerprint density at radius 3 is 2.12 bits per heavy atom. The van der Waals surface area contributed by atoms with Crippen molar-refractivity contribution in [1.29, 1.82) is 0 Å². The SMILES string of the molecule is COCCC(C)C.O=[N+]([O-])c1ccccc1. The Bertz CT molecular complexity index is 286. The van der Waals surface area contributed by atoms with E-state index >= 15 is 0 Å². The van der Waals surface area contributed by atoms with E-state index < -0.39 is 4.92 Å². The van der Waals surface area contributed by atoms with Crippen molar-refractivity contribution in [1.82, 2.24) is 0 Å². The van der Waals surface area contributed by atoms with Gasteiger partial charge in [-0.1, -0.05) is 32.0 Å². The van der Waals surface area contributed by atoms with Crippen LogP contribution < -0.4 is 0 Å². The summed E-state index contributed by atoms with van der Waals surface area (Å²) in [5.41, 5.74) is 0.137. The quantitative estimate of drug-likeness (QED) is 0.583. The third-order valence-electron chi connectivity index (χ3n) is 1.87. The van der Waals surface area contributed by atoms with Gasteiger partial charge in [-0.3, -0.25) is 10.1 Å². The third kappa shape index (κ3) is 7.94. The summed E-state index contributed by atoms with van der Waals surface area (Å²) in [6, 6.07) is 7.93. The number of hydrogen-bond acceptors (Lipinski definition) is 3. The van der Waals surface area contributed by atoms with Crippen LogP contribution in [0.3, 0.4) is 0 Å². The van der Waals surface area contributed by atoms with Gasteiger partial charge in [-0.05, 0) is 12.3 Å². The first-order chi connectivity index (χ1) is 7.57. The van der Waals surface area contributed by atoms with Gasteiger partial charge in [-0.15, -0.1) is 0 Å². The van der Waals surface area contributed by atoms with Crippen LogP contribution in [-0.2, 0) is 4.74 Å². The van der Waals surface area contributed by atoms with Crippen LogP contribution in [0.2, 0.25) is 0 Å². The van der Waals surface area contributed by atoms with Crippen LogP contribution >= 0.6 is 0 Å². The average molecular weight is 225 g/mol. The lowest BCUT2D eigenvalue weighted by molar-refractivity contribution is -0.384. The monoisotopic (exact) mass is 225 g/mol. The first-order valence-electron chi connectivity index (χ1n) is 5.26. The number of methoxy groups -OCH3 is 1. The molecule has 0 N–H and O–H groups in total. The summed E-state index contributed by atoms with van der Waals surface area (Å²) in [4.78, 5) is 9.59. The maximum absolute atomic E-state index is 10.0. The fourth-order valence-corrected chi connectivity index (χ4v) is 0.903. The molecule has 0 saturated heterocycles. The number of ether oxygens (including phenoxy) is 1. The van der Waals surface area contributed by atoms with Crippen molar-refractivity contribution in [3.8, 4) is 0 Å². The van der Waals surface area contributed by atoms with Gasteiger partial charge in [0.2, 0.25) is 0 Å². The van der Waals surface area contributed by atoms with Crippen molar-refractivity contribution >= 4 is 5.69 Å². The van der Waals surface area contributed by atoms with E-state index in [1.807, 2.05) is 0 Å². The number of non-ortho nitro benzene ring substituents is 1. The minimum absolute atomic E-state index is 0.137. The second-order valence-electron chi connectivity index (χ2n) is 3.77. The third-order valence-corrected chi connectivity index (χ3v) is 1.87. The summed E-state index contributed by atoms with van der Waals surface area (Å²) in [6.07, 6.45) is 1.18. The summed E-state index contributed by atoms with van der Waals surface area (Å²) >= 11 is 0. The van der Waals surface area contributed by atoms with Gasteiger partial charge in [0.1, 0.15) is 0 Å². The zero-order valence-electron chi connectivity index (χ0n) is 10.1. The molecule has 1 aromatic rings. The van der Waals surface area contributed by atoms with Crippen molar-refractivity contribution in [2.24, 2.45) is 5.92 Å². The normalized spacial score (nSPS) is 9.50. The Morgan fingerprint density at radius 1 is 1.31 bits per heavy atom. The van der Waals surface area contributed by atoms with Crippen LogP contribution in [0.4, 0.5) is 5.69 Å². The lowest BCUT2D eigenvalue weighted by atomic mass is 10.1. The van der Waals surface area contributed by atoms with Gasteiger partial charge in [0.05, 0.1) is 4.92 Å². The molecule has 4 nitrogen and oxygen atoms in total. The van der Waals surface area contributed by atoms with Crippen LogP contribution in [0, 0.1) is 16.0 Å². The molecule has 0 aliphatic carbocycles. The second-order valence-corrected chi connectivity index (χ2v) is 3.77. The van der Waals surface area contributed by atoms with E-state index in [0.717, 1.165) is 12.5 Å². The maximum atomic E-state index is 10.0. The number of nitrogens with zero attached hydrogens (tertiary/aromatic N) is 1. The summed E-state index contributed by atoms with van der Waals surface area (Å²) in [7, 11) is 1.74. The maximum Gasteiger partial charge on any atom is 0.269 e. The lowest BCUT2D eigenvalue weighted by Crippen LogP contribution is -1.93. The molecule has 0 aliphatic rings. The Hall–Kier alpha value is -1.42. The average Bonchev–Trinajstić information content (AvgIpc) is 2.28. The van der Waals surface area contributed by atoms with E-state index in [-0.39, 0.29) is 5.69 Å². The molecule has 0 atom stereocenters. The molecular formula is C12H19NO3. The highest BCUT2D eigenvalue weighted by atomic mass is 16.6. The Balaban J connectivity index is 0.000000293. The smallest absolute Gasteiger partial charge is 0.269 e. The Labute approximate surface area is 96.4 Å². The summed E-state index contributed by atoms with van der Waals surface area (Å²) < 4.78 is 4.85. The van der Waals surface area contributed by atoms with Crippen molar-refractivity contribution in [2.45, 2.75) is 20.3 Å². The molecule has 0 saturated carbocycles. The number of nitro benzene ring substituents is 1. The zero-order valence-corrected chi connectivity index (χ0v) is 10.1. The van der Waals surface area contributed by atoms with Crippen LogP contribution in [0.25, 0.3) is 0 Å². The number of hydrogen-bond donors (Lipinski definition) is 0. The molecule has 16 heavy (non-hydrogen) atoms. The lowest BCUT2D eigenvalue weighted by Gasteiger charge is -1.99. The van der Waals surface area contributed by atoms with E-state index in [1.165, 1.54) is 18.6 Å². The van der Waals surface area contributed by atoms with E-state index in [4.69, 9.17) is 4.74 Å². The van der Waals surface area contributed by atoms with Crippen molar-refractivity contribution < 1.29 is 9.66 Å². The molecule has 0 radical (unpaired) electrons. The second kappa shape index (κ2) is 8.85. The molecule has 4 heteroatoms. The first-order valence-corrected chi connectivity index (χ1v) is 5.26. The highest BCUT2D eigenvalue weighted by Crippen LogP contribution is 2.06. The van der Waals surface area contributed by atoms with Gasteiger partial charge >= 0.3 is 0 Å². The predicted molar refractivity (Wildman–Crippen MR) is 64.4 cm³/mol. The van der Waals surface area contributed by atoms with Crippen molar-refractivity contribution in [3.63, 3.8) is 0 Å². The topological polar surface area (TPSA) is 52.4 Å². The number of para-hydroxylation sites is 1. The molecule has 0 unspecified atom stereocenters. The number of nitro groups is 1. The number of rotatable bonds is 4. The molecular weight excluding hydrogens is 206 g/mol. The predicted octanol–water partition coefficient (Wildman–Crippen LogP) is 3.27. The van der Waals surface area contributed by atoms with E-state index in [2.05, 4.69) is 13.8 Å². The first kappa shape index (κ1) is 14.6. The molecule has 0 aliphatic heterocycles. The summed E-state index contributed by atoms with van der Waals surface area (Å²) in [6.45, 7) is 5.29. The van der Waals surface area contributed by atoms with Crippen molar-refractivity contribution in [3.05, 3.63) is 40.4 Å². The van der Waals surface area contributed by atoms with Gasteiger partial charge in [0, 0.05) is 25.8 Å². The fourth-order valence-electron chi connectivity index (χ4n) is 0.903. The Kier molecular flexibility index (Phi) is 8.07. The zero-order chi connectivity index (χ0) is 12.4. The largest absolute Gasteiger partial charge is 0.385 e. The summed E-state index contributed by atoms with van der Waals surface area (Å²) in [5.74, 6) is 0.778. The van der Waals surface area contributed by atoms with Gasteiger partial charge < -0.3 is 4.74 Å². The molecule has 0 fully saturated rings. The van der Waals surface area contributed by atoms with Crippen LogP contribution in [0.1, 0.15) is 20.3 Å². The molecule has 1 aromatic carbocycles. The Morgan fingerprint density at radius 2 is 1.88 bits per heavy atom. The molecule has 0 amide bonds. The van der Waals surface area contributed by atoms with Gasteiger partial charge in [-0.25, -0.2) is 0 Å². The molecule has 0 bridgehead atoms. The van der Waals surface area contributed by atoms with Gasteiger partial charge in [0.15, 0.2) is 0 Å². The summed E-state index contributed by atoms with van der Waals surface area (Å²) in [5, 5.41) is 10.0. The van der Waals surface area contributed by atoms with Crippen molar-refractivity contribution in [2.75, 3.05) is 13.7 Å². The van der Waals surface area contributed by atoms with E-state index in [1.54, 1.807) is 25.3 Å². The minimum atomic E-state index is -0.417. The van der Waals surface area contributed by atoms with Crippen LogP contribution in [-0.4, -0.2) is 18.6 Å². The van der Waals surface area contributed by atoms with Gasteiger partial charge in [-0.2, -0.15) is 0 Å². The molecule has 0 aromatic heterocycles. The molecule has 0 heterocycles. The van der Waals surface area contributed by atoms with Crippen LogP contribution in [0.15, 0.2) is 30.3 Å². The molecule has 1 rings (SSSR count). The highest BCUT2D eigenvalue weighted by Gasteiger charge is 1.98. The highest BCUT2D eigenvalue weighted by molar-refractivity contribution is 5.27. The number of benzene rings is 1. The standard InChI is InChI=1S/C6H5NO2.C6H14O/c8-7(9)6-4-2-1-3-5-6;1-6(2)4-5-7-3/h1-5H;6H,4-5H2,1-3H3. The van der Waals surface area contributed by atoms with E-state index in [9.17, 15) is 10.1 Å². The van der Waals surface area contributed by atoms with E-state index in [0.29, 0.717) is 0 Å².